The Morgan fingerprint density at radius 2 is 1.80 bits per heavy atom. The fourth-order valence-corrected chi connectivity index (χ4v) is 5.78. The van der Waals surface area contributed by atoms with Gasteiger partial charge in [-0.05, 0) is 75.8 Å². The first-order chi connectivity index (χ1) is 16.9. The van der Waals surface area contributed by atoms with Gasteiger partial charge in [-0.1, -0.05) is 37.1 Å². The fourth-order valence-electron chi connectivity index (χ4n) is 5.78. The van der Waals surface area contributed by atoms with Crippen molar-refractivity contribution in [2.45, 2.75) is 76.8 Å². The van der Waals surface area contributed by atoms with Gasteiger partial charge in [0.15, 0.2) is 0 Å². The fraction of sp³-hybridized carbons (Fsp3) is 0.517. The summed E-state index contributed by atoms with van der Waals surface area (Å²) in [4.78, 5) is 18.4. The second-order valence-electron chi connectivity index (χ2n) is 10.2. The Morgan fingerprint density at radius 1 is 1.06 bits per heavy atom. The maximum absolute atomic E-state index is 13.8. The van der Waals surface area contributed by atoms with E-state index in [0.717, 1.165) is 48.4 Å². The molecule has 0 saturated carbocycles. The highest BCUT2D eigenvalue weighted by atomic mass is 16.5. The standard InChI is InChI=1S/C29H40N4O2/c1-20-9-7-10-21(2)32(20)15-5-4-6-16-33-27-19-25(35-3)14-13-23(27)18-26(29(33)34)22-11-8-12-24(17-22)28(30)31/h8,11-14,17,19-21,26H,4-7,9-10,15-16,18H2,1-3H3,(H3,30,31)/t20-,21+,26?. The zero-order valence-corrected chi connectivity index (χ0v) is 21.4. The predicted molar refractivity (Wildman–Crippen MR) is 143 cm³/mol. The minimum Gasteiger partial charge on any atom is -0.497 e. The van der Waals surface area contributed by atoms with Crippen LogP contribution in [0.3, 0.4) is 0 Å². The number of amides is 1. The summed E-state index contributed by atoms with van der Waals surface area (Å²) in [7, 11) is 1.66. The normalized spacial score (nSPS) is 22.7. The highest BCUT2D eigenvalue weighted by Crippen LogP contribution is 2.38. The predicted octanol–water partition coefficient (Wildman–Crippen LogP) is 5.09. The lowest BCUT2D eigenvalue weighted by atomic mass is 9.85. The average molecular weight is 477 g/mol. The molecule has 3 N–H and O–H groups in total. The second kappa shape index (κ2) is 11.3. The molecule has 1 amide bonds. The van der Waals surface area contributed by atoms with Gasteiger partial charge < -0.3 is 15.4 Å². The quantitative estimate of drug-likeness (QED) is 0.300. The zero-order chi connectivity index (χ0) is 24.9. The monoisotopic (exact) mass is 476 g/mol. The largest absolute Gasteiger partial charge is 0.497 e. The Kier molecular flexibility index (Phi) is 8.11. The van der Waals surface area contributed by atoms with Gasteiger partial charge in [-0.3, -0.25) is 15.1 Å². The first-order valence-electron chi connectivity index (χ1n) is 13.1. The van der Waals surface area contributed by atoms with Crippen LogP contribution in [0.2, 0.25) is 0 Å². The van der Waals surface area contributed by atoms with E-state index in [2.05, 4.69) is 24.8 Å². The van der Waals surface area contributed by atoms with Gasteiger partial charge >= 0.3 is 0 Å². The van der Waals surface area contributed by atoms with Crippen LogP contribution < -0.4 is 15.4 Å². The van der Waals surface area contributed by atoms with Gasteiger partial charge in [0.1, 0.15) is 11.6 Å². The van der Waals surface area contributed by atoms with E-state index in [1.807, 2.05) is 41.3 Å². The van der Waals surface area contributed by atoms with Crippen molar-refractivity contribution in [2.75, 3.05) is 25.1 Å². The lowest BCUT2D eigenvalue weighted by Crippen LogP contribution is -2.44. The van der Waals surface area contributed by atoms with Crippen molar-refractivity contribution < 1.29 is 9.53 Å². The molecule has 0 radical (unpaired) electrons. The van der Waals surface area contributed by atoms with Crippen molar-refractivity contribution in [3.8, 4) is 5.75 Å². The summed E-state index contributed by atoms with van der Waals surface area (Å²) < 4.78 is 5.47. The highest BCUT2D eigenvalue weighted by Gasteiger charge is 2.34. The smallest absolute Gasteiger partial charge is 0.234 e. The number of piperidine rings is 1. The van der Waals surface area contributed by atoms with Crippen LogP contribution >= 0.6 is 0 Å². The third-order valence-corrected chi connectivity index (χ3v) is 7.85. The molecule has 0 spiro atoms. The molecular weight excluding hydrogens is 436 g/mol. The van der Waals surface area contributed by atoms with Crippen molar-refractivity contribution in [3.05, 3.63) is 59.2 Å². The molecule has 2 aliphatic heterocycles. The van der Waals surface area contributed by atoms with E-state index in [4.69, 9.17) is 15.9 Å². The Labute approximate surface area is 210 Å². The summed E-state index contributed by atoms with van der Waals surface area (Å²) in [5.74, 6) is 0.635. The molecular formula is C29H40N4O2. The van der Waals surface area contributed by atoms with Crippen LogP contribution in [-0.2, 0) is 11.2 Å². The van der Waals surface area contributed by atoms with Gasteiger partial charge in [-0.25, -0.2) is 0 Å². The van der Waals surface area contributed by atoms with Crippen molar-refractivity contribution in [2.24, 2.45) is 5.73 Å². The number of nitrogens with two attached hydrogens (primary N) is 1. The summed E-state index contributed by atoms with van der Waals surface area (Å²) >= 11 is 0. The van der Waals surface area contributed by atoms with E-state index >= 15 is 0 Å². The molecule has 1 saturated heterocycles. The molecule has 1 unspecified atom stereocenters. The number of unbranched alkanes of at least 4 members (excludes halogenated alkanes) is 2. The molecule has 6 nitrogen and oxygen atoms in total. The van der Waals surface area contributed by atoms with Crippen LogP contribution in [0.25, 0.3) is 0 Å². The minimum absolute atomic E-state index is 0.0226. The van der Waals surface area contributed by atoms with Crippen LogP contribution in [0.5, 0.6) is 5.75 Å². The molecule has 1 fully saturated rings. The first-order valence-corrected chi connectivity index (χ1v) is 13.1. The number of amidine groups is 1. The lowest BCUT2D eigenvalue weighted by molar-refractivity contribution is -0.120. The Morgan fingerprint density at radius 3 is 2.51 bits per heavy atom. The number of benzene rings is 2. The molecule has 4 rings (SSSR count). The number of carbonyl (C=O) groups is 1. The summed E-state index contributed by atoms with van der Waals surface area (Å²) in [5.41, 5.74) is 9.41. The number of methoxy groups -OCH3 is 1. The number of fused-ring (bicyclic) bond motifs is 1. The Balaban J connectivity index is 1.47. The highest BCUT2D eigenvalue weighted by molar-refractivity contribution is 6.02. The minimum atomic E-state index is -0.273. The van der Waals surface area contributed by atoms with E-state index < -0.39 is 0 Å². The van der Waals surface area contributed by atoms with Gasteiger partial charge in [0.25, 0.3) is 0 Å². The summed E-state index contributed by atoms with van der Waals surface area (Å²) in [6, 6.07) is 15.0. The van der Waals surface area contributed by atoms with E-state index in [1.165, 1.54) is 19.3 Å². The van der Waals surface area contributed by atoms with Gasteiger partial charge in [0.2, 0.25) is 5.91 Å². The van der Waals surface area contributed by atoms with Gasteiger partial charge in [-0.2, -0.15) is 0 Å². The van der Waals surface area contributed by atoms with E-state index in [9.17, 15) is 4.79 Å². The van der Waals surface area contributed by atoms with E-state index in [0.29, 0.717) is 30.6 Å². The number of hydrogen-bond donors (Lipinski definition) is 2. The van der Waals surface area contributed by atoms with Crippen LogP contribution in [0.4, 0.5) is 5.69 Å². The van der Waals surface area contributed by atoms with Crippen LogP contribution in [0.1, 0.15) is 75.0 Å². The topological polar surface area (TPSA) is 82.7 Å². The zero-order valence-electron chi connectivity index (χ0n) is 21.4. The van der Waals surface area contributed by atoms with E-state index in [-0.39, 0.29) is 17.7 Å². The van der Waals surface area contributed by atoms with Crippen LogP contribution in [0, 0.1) is 5.41 Å². The molecule has 0 aliphatic carbocycles. The molecule has 3 atom stereocenters. The Bertz CT molecular complexity index is 1040. The van der Waals surface area contributed by atoms with Gasteiger partial charge in [0.05, 0.1) is 18.7 Å². The number of hydrogen-bond acceptors (Lipinski definition) is 4. The molecule has 2 aromatic carbocycles. The SMILES string of the molecule is COc1ccc2c(c1)N(CCCCCN1[C@H](C)CCC[C@@H]1C)C(=O)C(c1cccc(C(=N)N)c1)C2. The molecule has 188 valence electrons. The number of rotatable bonds is 9. The number of nitrogen functional groups attached to an aromatic ring is 1. The first kappa shape index (κ1) is 25.2. The summed E-state index contributed by atoms with van der Waals surface area (Å²) in [6.45, 7) is 6.55. The number of anilines is 1. The summed E-state index contributed by atoms with van der Waals surface area (Å²) in [5, 5.41) is 7.79. The van der Waals surface area contributed by atoms with Crippen molar-refractivity contribution in [1.82, 2.24) is 4.90 Å². The third kappa shape index (κ3) is 5.69. The number of ether oxygens (including phenoxy) is 1. The van der Waals surface area contributed by atoms with Crippen LogP contribution in [0.15, 0.2) is 42.5 Å². The molecule has 2 aliphatic rings. The summed E-state index contributed by atoms with van der Waals surface area (Å²) in [6.07, 6.45) is 7.82. The Hall–Kier alpha value is -2.86. The molecule has 0 bridgehead atoms. The molecule has 2 aromatic rings. The molecule has 0 aromatic heterocycles. The van der Waals surface area contributed by atoms with Crippen molar-refractivity contribution in [3.63, 3.8) is 0 Å². The lowest BCUT2D eigenvalue weighted by Gasteiger charge is -2.39. The molecule has 6 heteroatoms. The number of likely N-dealkylation sites (tertiary alicyclic amines) is 1. The number of carbonyl (C=O) groups excluding carboxylic acids is 1. The maximum atomic E-state index is 13.8. The number of nitrogens with zero attached hydrogens (tertiary/aromatic N) is 2. The van der Waals surface area contributed by atoms with Gasteiger partial charge in [0, 0.05) is 30.3 Å². The maximum Gasteiger partial charge on any atom is 0.234 e. The van der Waals surface area contributed by atoms with Crippen molar-refractivity contribution in [1.29, 1.82) is 5.41 Å². The van der Waals surface area contributed by atoms with E-state index in [1.54, 1.807) is 7.11 Å². The number of nitrogens with one attached hydrogen (secondary N) is 1. The van der Waals surface area contributed by atoms with Gasteiger partial charge in [-0.15, -0.1) is 0 Å². The molecule has 2 heterocycles. The van der Waals surface area contributed by atoms with Crippen LogP contribution in [-0.4, -0.2) is 48.9 Å². The second-order valence-corrected chi connectivity index (χ2v) is 10.2. The van der Waals surface area contributed by atoms with Crippen molar-refractivity contribution >= 4 is 17.4 Å². The molecule has 35 heavy (non-hydrogen) atoms. The average Bonchev–Trinajstić information content (AvgIpc) is 2.86. The third-order valence-electron chi connectivity index (χ3n) is 7.85.